The van der Waals surface area contributed by atoms with Crippen LogP contribution >= 0.6 is 0 Å². The maximum atomic E-state index is 11.2. The number of hydrogen-bond donors (Lipinski definition) is 3. The SMILES string of the molecule is O=C(O)c1ccc2n[nH]c(CNc3cccc(-c4cncnc4)c3)c2c1. The zero-order valence-corrected chi connectivity index (χ0v) is 13.7. The van der Waals surface area contributed by atoms with Gasteiger partial charge >= 0.3 is 5.97 Å². The lowest BCUT2D eigenvalue weighted by Crippen LogP contribution is -2.01. The van der Waals surface area contributed by atoms with Crippen LogP contribution in [0.15, 0.2) is 61.2 Å². The highest BCUT2D eigenvalue weighted by atomic mass is 16.4. The van der Waals surface area contributed by atoms with Crippen LogP contribution in [0.5, 0.6) is 0 Å². The monoisotopic (exact) mass is 345 g/mol. The van der Waals surface area contributed by atoms with Crippen molar-refractivity contribution < 1.29 is 9.90 Å². The molecule has 0 aliphatic carbocycles. The molecule has 0 aliphatic heterocycles. The van der Waals surface area contributed by atoms with E-state index in [1.165, 1.54) is 6.33 Å². The summed E-state index contributed by atoms with van der Waals surface area (Å²) < 4.78 is 0. The summed E-state index contributed by atoms with van der Waals surface area (Å²) in [6, 6.07) is 12.8. The molecule has 4 rings (SSSR count). The first kappa shape index (κ1) is 15.8. The number of H-pyrrole nitrogens is 1. The minimum absolute atomic E-state index is 0.242. The summed E-state index contributed by atoms with van der Waals surface area (Å²) >= 11 is 0. The molecule has 0 spiro atoms. The van der Waals surface area contributed by atoms with E-state index in [0.717, 1.165) is 33.4 Å². The van der Waals surface area contributed by atoms with Crippen molar-refractivity contribution in [1.29, 1.82) is 0 Å². The number of nitrogens with one attached hydrogen (secondary N) is 2. The first-order valence-corrected chi connectivity index (χ1v) is 8.00. The van der Waals surface area contributed by atoms with Gasteiger partial charge in [-0.15, -0.1) is 0 Å². The molecule has 4 aromatic rings. The van der Waals surface area contributed by atoms with E-state index in [-0.39, 0.29) is 5.56 Å². The van der Waals surface area contributed by atoms with Crippen molar-refractivity contribution in [3.05, 3.63) is 72.4 Å². The molecule has 0 bridgehead atoms. The molecule has 7 heteroatoms. The van der Waals surface area contributed by atoms with Crippen molar-refractivity contribution in [1.82, 2.24) is 20.2 Å². The van der Waals surface area contributed by atoms with Crippen molar-refractivity contribution in [3.8, 4) is 11.1 Å². The predicted molar refractivity (Wildman–Crippen MR) is 97.8 cm³/mol. The number of aromatic amines is 1. The average Bonchev–Trinajstić information content (AvgIpc) is 3.09. The first-order valence-electron chi connectivity index (χ1n) is 8.00. The highest BCUT2D eigenvalue weighted by Crippen LogP contribution is 2.23. The molecule has 0 atom stereocenters. The van der Waals surface area contributed by atoms with Gasteiger partial charge in [0, 0.05) is 29.0 Å². The second-order valence-corrected chi connectivity index (χ2v) is 5.80. The fraction of sp³-hybridized carbons (Fsp3) is 0.0526. The summed E-state index contributed by atoms with van der Waals surface area (Å²) in [6.07, 6.45) is 5.03. The summed E-state index contributed by atoms with van der Waals surface area (Å²) in [5.74, 6) is -0.954. The number of anilines is 1. The van der Waals surface area contributed by atoms with E-state index in [9.17, 15) is 4.79 Å². The number of hydrogen-bond acceptors (Lipinski definition) is 5. The first-order chi connectivity index (χ1) is 12.7. The van der Waals surface area contributed by atoms with E-state index in [1.54, 1.807) is 30.6 Å². The predicted octanol–water partition coefficient (Wildman–Crippen LogP) is 3.33. The highest BCUT2D eigenvalue weighted by molar-refractivity contribution is 5.94. The number of aromatic nitrogens is 4. The number of nitrogens with zero attached hydrogens (tertiary/aromatic N) is 3. The Morgan fingerprint density at radius 3 is 2.73 bits per heavy atom. The summed E-state index contributed by atoms with van der Waals surface area (Å²) in [4.78, 5) is 19.3. The van der Waals surface area contributed by atoms with Crippen LogP contribution in [0.25, 0.3) is 22.0 Å². The van der Waals surface area contributed by atoms with Crippen molar-refractivity contribution in [3.63, 3.8) is 0 Å². The molecule has 0 unspecified atom stereocenters. The lowest BCUT2D eigenvalue weighted by atomic mass is 10.1. The molecule has 0 amide bonds. The molecule has 7 nitrogen and oxygen atoms in total. The number of fused-ring (bicyclic) bond motifs is 1. The van der Waals surface area contributed by atoms with E-state index < -0.39 is 5.97 Å². The van der Waals surface area contributed by atoms with Gasteiger partial charge in [0.15, 0.2) is 0 Å². The van der Waals surface area contributed by atoms with Crippen molar-refractivity contribution in [2.45, 2.75) is 6.54 Å². The molecule has 2 aromatic carbocycles. The minimum Gasteiger partial charge on any atom is -0.478 e. The van der Waals surface area contributed by atoms with Crippen LogP contribution in [0.1, 0.15) is 16.1 Å². The topological polar surface area (TPSA) is 104 Å². The molecule has 0 saturated heterocycles. The Hall–Kier alpha value is -3.74. The molecule has 3 N–H and O–H groups in total. The zero-order valence-electron chi connectivity index (χ0n) is 13.7. The number of carbonyl (C=O) groups is 1. The van der Waals surface area contributed by atoms with E-state index in [4.69, 9.17) is 5.11 Å². The normalized spacial score (nSPS) is 10.8. The third-order valence-corrected chi connectivity index (χ3v) is 4.11. The smallest absolute Gasteiger partial charge is 0.335 e. The molecule has 0 fully saturated rings. The standard InChI is InChI=1S/C19H15N5O2/c25-19(26)13-4-5-17-16(7-13)18(24-23-17)10-22-15-3-1-2-12(6-15)14-8-20-11-21-9-14/h1-9,11,22H,10H2,(H,23,24)(H,25,26). The van der Waals surface area contributed by atoms with Gasteiger partial charge in [-0.2, -0.15) is 5.10 Å². The van der Waals surface area contributed by atoms with E-state index in [2.05, 4.69) is 25.5 Å². The number of rotatable bonds is 5. The van der Waals surface area contributed by atoms with E-state index in [0.29, 0.717) is 6.54 Å². The van der Waals surface area contributed by atoms with Gasteiger partial charge in [-0.1, -0.05) is 12.1 Å². The summed E-state index contributed by atoms with van der Waals surface area (Å²) in [5.41, 5.74) is 4.70. The van der Waals surface area contributed by atoms with Crippen LogP contribution in [0.4, 0.5) is 5.69 Å². The Morgan fingerprint density at radius 2 is 1.92 bits per heavy atom. The molecular weight excluding hydrogens is 330 g/mol. The maximum Gasteiger partial charge on any atom is 0.335 e. The highest BCUT2D eigenvalue weighted by Gasteiger charge is 2.10. The molecular formula is C19H15N5O2. The molecule has 128 valence electrons. The number of aromatic carboxylic acids is 1. The summed E-state index contributed by atoms with van der Waals surface area (Å²) in [5, 5.41) is 20.5. The van der Waals surface area contributed by atoms with E-state index in [1.807, 2.05) is 24.3 Å². The van der Waals surface area contributed by atoms with Crippen LogP contribution < -0.4 is 5.32 Å². The van der Waals surface area contributed by atoms with Gasteiger partial charge in [0.1, 0.15) is 6.33 Å². The quantitative estimate of drug-likeness (QED) is 0.512. The average molecular weight is 345 g/mol. The third kappa shape index (κ3) is 3.10. The molecule has 2 heterocycles. The van der Waals surface area contributed by atoms with E-state index >= 15 is 0 Å². The second-order valence-electron chi connectivity index (χ2n) is 5.80. The summed E-state index contributed by atoms with van der Waals surface area (Å²) in [6.45, 7) is 0.494. The van der Waals surface area contributed by atoms with Crippen molar-refractivity contribution >= 4 is 22.6 Å². The van der Waals surface area contributed by atoms with Crippen LogP contribution in [-0.2, 0) is 6.54 Å². The van der Waals surface area contributed by atoms with Gasteiger partial charge < -0.3 is 10.4 Å². The largest absolute Gasteiger partial charge is 0.478 e. The number of benzene rings is 2. The Morgan fingerprint density at radius 1 is 1.08 bits per heavy atom. The fourth-order valence-corrected chi connectivity index (χ4v) is 2.78. The van der Waals surface area contributed by atoms with Crippen LogP contribution in [-0.4, -0.2) is 31.2 Å². The molecule has 26 heavy (non-hydrogen) atoms. The van der Waals surface area contributed by atoms with Gasteiger partial charge in [-0.05, 0) is 35.9 Å². The number of carboxylic acids is 1. The zero-order chi connectivity index (χ0) is 17.9. The fourth-order valence-electron chi connectivity index (χ4n) is 2.78. The Labute approximate surface area is 148 Å². The van der Waals surface area contributed by atoms with Gasteiger partial charge in [0.05, 0.1) is 23.3 Å². The third-order valence-electron chi connectivity index (χ3n) is 4.11. The Kier molecular flexibility index (Phi) is 4.03. The lowest BCUT2D eigenvalue weighted by Gasteiger charge is -2.08. The second kappa shape index (κ2) is 6.64. The summed E-state index contributed by atoms with van der Waals surface area (Å²) in [7, 11) is 0. The van der Waals surface area contributed by atoms with Crippen LogP contribution in [0, 0.1) is 0 Å². The Bertz CT molecular complexity index is 1080. The maximum absolute atomic E-state index is 11.2. The van der Waals surface area contributed by atoms with Crippen LogP contribution in [0.3, 0.4) is 0 Å². The van der Waals surface area contributed by atoms with Gasteiger partial charge in [-0.3, -0.25) is 5.10 Å². The molecule has 2 aromatic heterocycles. The molecule has 0 radical (unpaired) electrons. The molecule has 0 aliphatic rings. The van der Waals surface area contributed by atoms with Crippen LogP contribution in [0.2, 0.25) is 0 Å². The minimum atomic E-state index is -0.954. The van der Waals surface area contributed by atoms with Crippen molar-refractivity contribution in [2.75, 3.05) is 5.32 Å². The lowest BCUT2D eigenvalue weighted by molar-refractivity contribution is 0.0697. The molecule has 0 saturated carbocycles. The van der Waals surface area contributed by atoms with Gasteiger partial charge in [0.2, 0.25) is 0 Å². The Balaban J connectivity index is 1.57. The van der Waals surface area contributed by atoms with Gasteiger partial charge in [-0.25, -0.2) is 14.8 Å². The van der Waals surface area contributed by atoms with Gasteiger partial charge in [0.25, 0.3) is 0 Å². The van der Waals surface area contributed by atoms with Crippen molar-refractivity contribution in [2.24, 2.45) is 0 Å². The number of carboxylic acid groups (broad SMARTS) is 1.